The Morgan fingerprint density at radius 1 is 1.20 bits per heavy atom. The summed E-state index contributed by atoms with van der Waals surface area (Å²) in [6, 6.07) is 6.39. The van der Waals surface area contributed by atoms with E-state index in [0.29, 0.717) is 17.3 Å². The van der Waals surface area contributed by atoms with Crippen LogP contribution in [-0.2, 0) is 21.4 Å². The number of benzene rings is 1. The average Bonchev–Trinajstić information content (AvgIpc) is 2.80. The molecule has 1 aromatic heterocycles. The van der Waals surface area contributed by atoms with Crippen molar-refractivity contribution in [3.63, 3.8) is 0 Å². The lowest BCUT2D eigenvalue weighted by atomic mass is 10.2. The molecule has 1 aromatic carbocycles. The van der Waals surface area contributed by atoms with E-state index in [-0.39, 0.29) is 5.88 Å². The Balaban J connectivity index is 2.03. The largest absolute Gasteiger partial charge is 0.326 e. The van der Waals surface area contributed by atoms with Gasteiger partial charge in [-0.25, -0.2) is 13.4 Å². The molecule has 1 aliphatic rings. The first-order valence-electron chi connectivity index (χ1n) is 6.05. The minimum atomic E-state index is -3.21. The quantitative estimate of drug-likeness (QED) is 0.841. The van der Waals surface area contributed by atoms with E-state index < -0.39 is 9.84 Å². The Hall–Kier alpha value is -2.15. The lowest BCUT2D eigenvalue weighted by Crippen LogP contribution is -2.14. The van der Waals surface area contributed by atoms with E-state index in [4.69, 9.17) is 0 Å². The molecular weight excluding hydrogens is 278 g/mol. The van der Waals surface area contributed by atoms with Crippen LogP contribution in [0.4, 0.5) is 11.5 Å². The lowest BCUT2D eigenvalue weighted by Gasteiger charge is -2.17. The van der Waals surface area contributed by atoms with E-state index in [9.17, 15) is 13.5 Å². The molecule has 0 fully saturated rings. The number of hydrogen-bond acceptors (Lipinski definition) is 5. The third-order valence-electron chi connectivity index (χ3n) is 3.28. The first-order valence-corrected chi connectivity index (χ1v) is 7.94. The monoisotopic (exact) mass is 290 g/mol. The van der Waals surface area contributed by atoms with E-state index in [2.05, 4.69) is 9.97 Å². The van der Waals surface area contributed by atoms with Gasteiger partial charge >= 0.3 is 0 Å². The van der Waals surface area contributed by atoms with E-state index in [1.165, 1.54) is 18.6 Å². The highest BCUT2D eigenvalue weighted by atomic mass is 32.2. The molecule has 0 atom stereocenters. The number of hydrogen-bond donors (Lipinski definition) is 0. The molecule has 1 radical (unpaired) electrons. The van der Waals surface area contributed by atoms with E-state index in [0.717, 1.165) is 17.7 Å². The molecule has 0 unspecified atom stereocenters. The first kappa shape index (κ1) is 12.9. The number of rotatable bonds is 2. The van der Waals surface area contributed by atoms with Crippen molar-refractivity contribution in [2.24, 2.45) is 0 Å². The smallest absolute Gasteiger partial charge is 0.274 e. The molecule has 7 heteroatoms. The normalized spacial score (nSPS) is 14.3. The van der Waals surface area contributed by atoms with Crippen LogP contribution >= 0.6 is 0 Å². The first-order chi connectivity index (χ1) is 9.45. The molecule has 0 aliphatic carbocycles. The van der Waals surface area contributed by atoms with Crippen LogP contribution in [0.25, 0.3) is 0 Å². The van der Waals surface area contributed by atoms with Crippen LogP contribution in [-0.4, -0.2) is 31.2 Å². The summed E-state index contributed by atoms with van der Waals surface area (Å²) in [5.74, 6) is 0.201. The molecular formula is C13H12N3O3S. The second-order valence-electron chi connectivity index (χ2n) is 4.68. The van der Waals surface area contributed by atoms with Gasteiger partial charge in [0.2, 0.25) is 0 Å². The van der Waals surface area contributed by atoms with Crippen LogP contribution in [0.2, 0.25) is 0 Å². The lowest BCUT2D eigenvalue weighted by molar-refractivity contribution is 0.336. The van der Waals surface area contributed by atoms with Gasteiger partial charge in [-0.3, -0.25) is 5.11 Å². The Bertz CT molecular complexity index is 774. The van der Waals surface area contributed by atoms with Crippen LogP contribution in [0, 0.1) is 0 Å². The van der Waals surface area contributed by atoms with Gasteiger partial charge in [0.1, 0.15) is 12.1 Å². The van der Waals surface area contributed by atoms with Crippen molar-refractivity contribution in [1.82, 2.24) is 9.97 Å². The topological polar surface area (TPSA) is 83.1 Å². The molecule has 6 nitrogen and oxygen atoms in total. The zero-order chi connectivity index (χ0) is 14.3. The average molecular weight is 290 g/mol. The van der Waals surface area contributed by atoms with Gasteiger partial charge in [-0.05, 0) is 30.2 Å². The highest BCUT2D eigenvalue weighted by Gasteiger charge is 2.23. The van der Waals surface area contributed by atoms with Crippen LogP contribution in [0.1, 0.15) is 5.56 Å². The highest BCUT2D eigenvalue weighted by Crippen LogP contribution is 2.35. The number of aromatic nitrogens is 2. The molecule has 2 aromatic rings. The zero-order valence-corrected chi connectivity index (χ0v) is 11.6. The number of nitrogens with zero attached hydrogens (tertiary/aromatic N) is 3. The maximum atomic E-state index is 11.6. The Morgan fingerprint density at radius 2 is 2.00 bits per heavy atom. The van der Waals surface area contributed by atoms with Crippen LogP contribution < -0.4 is 4.90 Å². The molecule has 2 heterocycles. The van der Waals surface area contributed by atoms with E-state index in [1.54, 1.807) is 18.2 Å². The summed E-state index contributed by atoms with van der Waals surface area (Å²) in [6.07, 6.45) is 3.15. The van der Waals surface area contributed by atoms with Gasteiger partial charge in [0.15, 0.2) is 9.84 Å². The van der Waals surface area contributed by atoms with Crippen molar-refractivity contribution in [3.8, 4) is 5.88 Å². The van der Waals surface area contributed by atoms with Gasteiger partial charge in [0.25, 0.3) is 5.88 Å². The summed E-state index contributed by atoms with van der Waals surface area (Å²) in [7, 11) is -3.21. The Kier molecular flexibility index (Phi) is 2.86. The van der Waals surface area contributed by atoms with Crippen molar-refractivity contribution in [1.29, 1.82) is 0 Å². The number of sulfone groups is 1. The SMILES string of the molecule is CS(=O)(=O)c1ccc2c(c1)CCN2c1cc([O])ncn1. The second-order valence-corrected chi connectivity index (χ2v) is 6.69. The molecule has 103 valence electrons. The fraction of sp³-hybridized carbons (Fsp3) is 0.231. The van der Waals surface area contributed by atoms with E-state index in [1.807, 2.05) is 4.90 Å². The Labute approximate surface area is 116 Å². The third-order valence-corrected chi connectivity index (χ3v) is 4.39. The van der Waals surface area contributed by atoms with E-state index >= 15 is 0 Å². The summed E-state index contributed by atoms with van der Waals surface area (Å²) < 4.78 is 23.1. The van der Waals surface area contributed by atoms with Crippen molar-refractivity contribution >= 4 is 21.3 Å². The van der Waals surface area contributed by atoms with Crippen LogP contribution in [0.15, 0.2) is 35.5 Å². The second kappa shape index (κ2) is 4.45. The van der Waals surface area contributed by atoms with Crippen LogP contribution in [0.3, 0.4) is 0 Å². The molecule has 0 N–H and O–H groups in total. The fourth-order valence-electron chi connectivity index (χ4n) is 2.32. The molecule has 0 bridgehead atoms. The van der Waals surface area contributed by atoms with Crippen molar-refractivity contribution in [2.75, 3.05) is 17.7 Å². The molecule has 0 spiro atoms. The minimum Gasteiger partial charge on any atom is -0.326 e. The predicted octanol–water partition coefficient (Wildman–Crippen LogP) is 1.72. The maximum Gasteiger partial charge on any atom is 0.274 e. The van der Waals surface area contributed by atoms with Gasteiger partial charge in [0, 0.05) is 24.6 Å². The number of fused-ring (bicyclic) bond motifs is 1. The molecule has 20 heavy (non-hydrogen) atoms. The zero-order valence-electron chi connectivity index (χ0n) is 10.8. The molecule has 0 amide bonds. The molecule has 0 saturated carbocycles. The standard InChI is InChI=1S/C13H12N3O3S/c1-20(18,19)10-2-3-11-9(6-10)4-5-16(11)12-7-13(17)15-8-14-12/h2-3,6-8H,4-5H2,1H3. The van der Waals surface area contributed by atoms with Crippen molar-refractivity contribution in [3.05, 3.63) is 36.2 Å². The van der Waals surface area contributed by atoms with Gasteiger partial charge in [-0.1, -0.05) is 0 Å². The van der Waals surface area contributed by atoms with Crippen molar-refractivity contribution < 1.29 is 13.5 Å². The summed E-state index contributed by atoms with van der Waals surface area (Å²) in [6.45, 7) is 0.666. The molecule has 1 aliphatic heterocycles. The minimum absolute atomic E-state index is 0.310. The van der Waals surface area contributed by atoms with Gasteiger partial charge in [-0.2, -0.15) is 4.98 Å². The fourth-order valence-corrected chi connectivity index (χ4v) is 3.00. The summed E-state index contributed by atoms with van der Waals surface area (Å²) in [4.78, 5) is 9.83. The third kappa shape index (κ3) is 2.20. The van der Waals surface area contributed by atoms with Crippen LogP contribution in [0.5, 0.6) is 5.88 Å². The summed E-state index contributed by atoms with van der Waals surface area (Å²) >= 11 is 0. The van der Waals surface area contributed by atoms with Gasteiger partial charge in [-0.15, -0.1) is 0 Å². The summed E-state index contributed by atoms with van der Waals surface area (Å²) in [5.41, 5.74) is 1.83. The highest BCUT2D eigenvalue weighted by molar-refractivity contribution is 7.90. The molecule has 0 saturated heterocycles. The number of anilines is 2. The summed E-state index contributed by atoms with van der Waals surface area (Å²) in [5, 5.41) is 11.3. The Morgan fingerprint density at radius 3 is 2.70 bits per heavy atom. The van der Waals surface area contributed by atoms with Gasteiger partial charge < -0.3 is 4.90 Å². The predicted molar refractivity (Wildman–Crippen MR) is 72.4 cm³/mol. The molecule has 3 rings (SSSR count). The maximum absolute atomic E-state index is 11.6. The van der Waals surface area contributed by atoms with Crippen molar-refractivity contribution in [2.45, 2.75) is 11.3 Å². The van der Waals surface area contributed by atoms with Gasteiger partial charge in [0.05, 0.1) is 4.90 Å².